The lowest BCUT2D eigenvalue weighted by Gasteiger charge is -2.12. The zero-order valence-electron chi connectivity index (χ0n) is 10.1. The van der Waals surface area contributed by atoms with Crippen molar-refractivity contribution in [3.63, 3.8) is 0 Å². The molecule has 0 bridgehead atoms. The molecule has 0 aliphatic heterocycles. The molecule has 1 nitrogen and oxygen atoms in total. The summed E-state index contributed by atoms with van der Waals surface area (Å²) in [5.74, 6) is 0.505. The van der Waals surface area contributed by atoms with Gasteiger partial charge >= 0.3 is 0 Å². The topological polar surface area (TPSA) is 12.9 Å². The molecule has 0 unspecified atom stereocenters. The fourth-order valence-corrected chi connectivity index (χ4v) is 1.86. The van der Waals surface area contributed by atoms with Gasteiger partial charge in [0, 0.05) is 12.4 Å². The predicted molar refractivity (Wildman–Crippen MR) is 68.5 cm³/mol. The van der Waals surface area contributed by atoms with Crippen molar-refractivity contribution in [2.75, 3.05) is 0 Å². The quantitative estimate of drug-likeness (QED) is 0.726. The molecule has 1 heteroatoms. The highest BCUT2D eigenvalue weighted by atomic mass is 14.6. The number of aryl methyl sites for hydroxylation is 1. The van der Waals surface area contributed by atoms with Crippen LogP contribution in [0.4, 0.5) is 0 Å². The van der Waals surface area contributed by atoms with Crippen LogP contribution in [-0.2, 0) is 0 Å². The van der Waals surface area contributed by atoms with Gasteiger partial charge in [0.15, 0.2) is 0 Å². The van der Waals surface area contributed by atoms with E-state index in [1.54, 1.807) is 0 Å². The van der Waals surface area contributed by atoms with Crippen LogP contribution in [0.5, 0.6) is 0 Å². The second-order valence-corrected chi connectivity index (χ2v) is 4.48. The summed E-state index contributed by atoms with van der Waals surface area (Å²) in [6.07, 6.45) is 3.83. The third kappa shape index (κ3) is 2.13. The van der Waals surface area contributed by atoms with E-state index in [4.69, 9.17) is 0 Å². The van der Waals surface area contributed by atoms with E-state index in [2.05, 4.69) is 56.1 Å². The number of aromatic nitrogens is 1. The molecular weight excluding hydrogens is 194 g/mol. The largest absolute Gasteiger partial charge is 0.264 e. The van der Waals surface area contributed by atoms with Gasteiger partial charge in [-0.15, -0.1) is 0 Å². The lowest BCUT2D eigenvalue weighted by atomic mass is 9.94. The van der Waals surface area contributed by atoms with Gasteiger partial charge in [0.1, 0.15) is 0 Å². The van der Waals surface area contributed by atoms with Crippen molar-refractivity contribution >= 4 is 0 Å². The summed E-state index contributed by atoms with van der Waals surface area (Å²) in [7, 11) is 0. The minimum absolute atomic E-state index is 0.505. The summed E-state index contributed by atoms with van der Waals surface area (Å²) >= 11 is 0. The van der Waals surface area contributed by atoms with Crippen LogP contribution >= 0.6 is 0 Å². The predicted octanol–water partition coefficient (Wildman–Crippen LogP) is 4.18. The van der Waals surface area contributed by atoms with Gasteiger partial charge in [-0.05, 0) is 35.6 Å². The van der Waals surface area contributed by atoms with Crippen molar-refractivity contribution in [3.8, 4) is 11.1 Å². The maximum atomic E-state index is 4.21. The van der Waals surface area contributed by atoms with Gasteiger partial charge in [0.2, 0.25) is 0 Å². The van der Waals surface area contributed by atoms with E-state index in [0.29, 0.717) is 5.92 Å². The van der Waals surface area contributed by atoms with Crippen molar-refractivity contribution < 1.29 is 0 Å². The van der Waals surface area contributed by atoms with Crippen molar-refractivity contribution in [3.05, 3.63) is 53.9 Å². The highest BCUT2D eigenvalue weighted by molar-refractivity contribution is 5.67. The van der Waals surface area contributed by atoms with E-state index in [1.165, 1.54) is 22.3 Å². The molecule has 0 saturated carbocycles. The SMILES string of the molecule is Cc1ccc(-c2ccncc2C(C)C)cc1. The van der Waals surface area contributed by atoms with Gasteiger partial charge in [-0.3, -0.25) is 4.98 Å². The molecule has 2 aromatic rings. The molecule has 0 radical (unpaired) electrons. The van der Waals surface area contributed by atoms with Gasteiger partial charge in [-0.1, -0.05) is 43.7 Å². The molecule has 0 atom stereocenters. The fourth-order valence-electron chi connectivity index (χ4n) is 1.86. The Kier molecular flexibility index (Phi) is 3.04. The Hall–Kier alpha value is -1.63. The smallest absolute Gasteiger partial charge is 0.0308 e. The molecule has 0 N–H and O–H groups in total. The standard InChI is InChI=1S/C15H17N/c1-11(2)15-10-16-9-8-14(15)13-6-4-12(3)5-7-13/h4-11H,1-3H3. The van der Waals surface area contributed by atoms with Gasteiger partial charge < -0.3 is 0 Å². The first-order valence-corrected chi connectivity index (χ1v) is 5.69. The number of hydrogen-bond donors (Lipinski definition) is 0. The molecular formula is C15H17N. The van der Waals surface area contributed by atoms with Crippen LogP contribution in [0.3, 0.4) is 0 Å². The van der Waals surface area contributed by atoms with Crippen LogP contribution in [0.1, 0.15) is 30.9 Å². The Morgan fingerprint density at radius 1 is 1.00 bits per heavy atom. The van der Waals surface area contributed by atoms with Crippen molar-refractivity contribution in [2.45, 2.75) is 26.7 Å². The zero-order chi connectivity index (χ0) is 11.5. The molecule has 1 aromatic carbocycles. The molecule has 16 heavy (non-hydrogen) atoms. The van der Waals surface area contributed by atoms with E-state index in [0.717, 1.165) is 0 Å². The average Bonchev–Trinajstić information content (AvgIpc) is 2.30. The van der Waals surface area contributed by atoms with Crippen LogP contribution in [0.25, 0.3) is 11.1 Å². The van der Waals surface area contributed by atoms with Gasteiger partial charge in [0.25, 0.3) is 0 Å². The molecule has 0 fully saturated rings. The second kappa shape index (κ2) is 4.48. The van der Waals surface area contributed by atoms with E-state index < -0.39 is 0 Å². The first kappa shape index (κ1) is 10.9. The number of pyridine rings is 1. The number of rotatable bonds is 2. The first-order chi connectivity index (χ1) is 7.68. The Morgan fingerprint density at radius 3 is 2.31 bits per heavy atom. The molecule has 1 aromatic heterocycles. The van der Waals surface area contributed by atoms with Gasteiger partial charge in [-0.25, -0.2) is 0 Å². The number of benzene rings is 1. The summed E-state index contributed by atoms with van der Waals surface area (Å²) in [5, 5.41) is 0. The highest BCUT2D eigenvalue weighted by Crippen LogP contribution is 2.28. The fraction of sp³-hybridized carbons (Fsp3) is 0.267. The number of hydrogen-bond acceptors (Lipinski definition) is 1. The molecule has 1 heterocycles. The summed E-state index contributed by atoms with van der Waals surface area (Å²) in [6, 6.07) is 10.8. The van der Waals surface area contributed by atoms with Crippen LogP contribution in [-0.4, -0.2) is 4.98 Å². The third-order valence-electron chi connectivity index (χ3n) is 2.84. The summed E-state index contributed by atoms with van der Waals surface area (Å²) < 4.78 is 0. The molecule has 0 amide bonds. The second-order valence-electron chi connectivity index (χ2n) is 4.48. The lowest BCUT2D eigenvalue weighted by molar-refractivity contribution is 0.860. The lowest BCUT2D eigenvalue weighted by Crippen LogP contribution is -1.93. The molecule has 0 spiro atoms. The van der Waals surface area contributed by atoms with Gasteiger partial charge in [0.05, 0.1) is 0 Å². The summed E-state index contributed by atoms with van der Waals surface area (Å²) in [5.41, 5.74) is 5.18. The van der Waals surface area contributed by atoms with E-state index in [9.17, 15) is 0 Å². The molecule has 82 valence electrons. The monoisotopic (exact) mass is 211 g/mol. The maximum absolute atomic E-state index is 4.21. The maximum Gasteiger partial charge on any atom is 0.0308 e. The van der Waals surface area contributed by atoms with Crippen LogP contribution in [0.2, 0.25) is 0 Å². The van der Waals surface area contributed by atoms with Crippen molar-refractivity contribution in [1.82, 2.24) is 4.98 Å². The van der Waals surface area contributed by atoms with Crippen LogP contribution in [0, 0.1) is 6.92 Å². The Morgan fingerprint density at radius 2 is 1.69 bits per heavy atom. The summed E-state index contributed by atoms with van der Waals surface area (Å²) in [6.45, 7) is 6.52. The van der Waals surface area contributed by atoms with Gasteiger partial charge in [-0.2, -0.15) is 0 Å². The number of nitrogens with zero attached hydrogens (tertiary/aromatic N) is 1. The molecule has 0 saturated heterocycles. The third-order valence-corrected chi connectivity index (χ3v) is 2.84. The minimum Gasteiger partial charge on any atom is -0.264 e. The zero-order valence-corrected chi connectivity index (χ0v) is 10.1. The normalized spacial score (nSPS) is 10.8. The minimum atomic E-state index is 0.505. The Balaban J connectivity index is 2.51. The molecule has 0 aliphatic carbocycles. The summed E-state index contributed by atoms with van der Waals surface area (Å²) in [4.78, 5) is 4.21. The first-order valence-electron chi connectivity index (χ1n) is 5.69. The molecule has 0 aliphatic rings. The van der Waals surface area contributed by atoms with E-state index in [-0.39, 0.29) is 0 Å². The van der Waals surface area contributed by atoms with Crippen LogP contribution < -0.4 is 0 Å². The van der Waals surface area contributed by atoms with Crippen molar-refractivity contribution in [1.29, 1.82) is 0 Å². The Labute approximate surface area is 97.2 Å². The van der Waals surface area contributed by atoms with Crippen molar-refractivity contribution in [2.24, 2.45) is 0 Å². The average molecular weight is 211 g/mol. The van der Waals surface area contributed by atoms with E-state index in [1.807, 2.05) is 12.4 Å². The highest BCUT2D eigenvalue weighted by Gasteiger charge is 2.07. The molecule has 2 rings (SSSR count). The van der Waals surface area contributed by atoms with Crippen LogP contribution in [0.15, 0.2) is 42.7 Å². The van der Waals surface area contributed by atoms with E-state index >= 15 is 0 Å². The Bertz CT molecular complexity index is 469.